The Hall–Kier alpha value is -2.08. The fourth-order valence-electron chi connectivity index (χ4n) is 1.59. The van der Waals surface area contributed by atoms with Crippen LogP contribution < -0.4 is 16.4 Å². The topological polar surface area (TPSA) is 93.4 Å². The second kappa shape index (κ2) is 7.64. The van der Waals surface area contributed by atoms with Crippen LogP contribution in [0.15, 0.2) is 24.3 Å². The standard InChI is InChI=1S/C15H23N3O3/c1-15(2,3)21-14(20)18-12-6-4-11(5-7-12)10-13(19)17-9-8-16/h4-7H,8-10,16H2,1-3H3,(H,17,19)(H,18,20). The van der Waals surface area contributed by atoms with Crippen LogP contribution >= 0.6 is 0 Å². The molecule has 1 aromatic rings. The van der Waals surface area contributed by atoms with Gasteiger partial charge in [0.05, 0.1) is 6.42 Å². The van der Waals surface area contributed by atoms with Gasteiger partial charge in [-0.25, -0.2) is 4.79 Å². The van der Waals surface area contributed by atoms with Crippen molar-refractivity contribution in [2.24, 2.45) is 5.73 Å². The van der Waals surface area contributed by atoms with E-state index < -0.39 is 11.7 Å². The van der Waals surface area contributed by atoms with Gasteiger partial charge < -0.3 is 15.8 Å². The maximum absolute atomic E-state index is 11.6. The summed E-state index contributed by atoms with van der Waals surface area (Å²) in [6.07, 6.45) is -0.219. The number of ether oxygens (including phenoxy) is 1. The number of rotatable bonds is 5. The Morgan fingerprint density at radius 3 is 2.33 bits per heavy atom. The summed E-state index contributed by atoms with van der Waals surface area (Å²) in [6, 6.07) is 7.04. The van der Waals surface area contributed by atoms with Crippen LogP contribution in [0.25, 0.3) is 0 Å². The summed E-state index contributed by atoms with van der Waals surface area (Å²) in [5.74, 6) is -0.0756. The largest absolute Gasteiger partial charge is 0.444 e. The molecule has 1 rings (SSSR count). The molecule has 21 heavy (non-hydrogen) atoms. The summed E-state index contributed by atoms with van der Waals surface area (Å²) in [5, 5.41) is 5.33. The Kier molecular flexibility index (Phi) is 6.17. The average Bonchev–Trinajstić information content (AvgIpc) is 2.36. The fourth-order valence-corrected chi connectivity index (χ4v) is 1.59. The highest BCUT2D eigenvalue weighted by Crippen LogP contribution is 2.13. The minimum absolute atomic E-state index is 0.0756. The number of carbonyl (C=O) groups excluding carboxylic acids is 2. The highest BCUT2D eigenvalue weighted by molar-refractivity contribution is 5.85. The molecule has 6 nitrogen and oxygen atoms in total. The molecule has 0 fully saturated rings. The Bertz CT molecular complexity index is 478. The van der Waals surface area contributed by atoms with Crippen LogP contribution in [-0.2, 0) is 16.0 Å². The molecule has 0 saturated heterocycles. The first-order valence-electron chi connectivity index (χ1n) is 6.86. The Morgan fingerprint density at radius 2 is 1.81 bits per heavy atom. The normalized spacial score (nSPS) is 10.9. The van der Waals surface area contributed by atoms with Crippen molar-refractivity contribution in [3.63, 3.8) is 0 Å². The lowest BCUT2D eigenvalue weighted by molar-refractivity contribution is -0.120. The molecule has 6 heteroatoms. The van der Waals surface area contributed by atoms with E-state index in [-0.39, 0.29) is 12.3 Å². The molecule has 0 spiro atoms. The third-order valence-electron chi connectivity index (χ3n) is 2.43. The second-order valence-electron chi connectivity index (χ2n) is 5.64. The lowest BCUT2D eigenvalue weighted by atomic mass is 10.1. The third kappa shape index (κ3) is 7.31. The van der Waals surface area contributed by atoms with Gasteiger partial charge in [-0.15, -0.1) is 0 Å². The van der Waals surface area contributed by atoms with Gasteiger partial charge >= 0.3 is 6.09 Å². The Balaban J connectivity index is 2.50. The first kappa shape index (κ1) is 17.0. The summed E-state index contributed by atoms with van der Waals surface area (Å²) >= 11 is 0. The zero-order valence-corrected chi connectivity index (χ0v) is 12.7. The molecule has 0 heterocycles. The molecule has 2 amide bonds. The number of benzene rings is 1. The molecule has 0 aromatic heterocycles. The van der Waals surface area contributed by atoms with Crippen molar-refractivity contribution in [3.05, 3.63) is 29.8 Å². The number of nitrogens with two attached hydrogens (primary N) is 1. The van der Waals surface area contributed by atoms with Crippen molar-refractivity contribution in [2.75, 3.05) is 18.4 Å². The van der Waals surface area contributed by atoms with Gasteiger partial charge in [0.1, 0.15) is 5.60 Å². The Labute approximate surface area is 125 Å². The highest BCUT2D eigenvalue weighted by atomic mass is 16.6. The minimum Gasteiger partial charge on any atom is -0.444 e. The number of carbonyl (C=O) groups is 2. The van der Waals surface area contributed by atoms with Crippen molar-refractivity contribution < 1.29 is 14.3 Å². The maximum atomic E-state index is 11.6. The summed E-state index contributed by atoms with van der Waals surface area (Å²) in [5.41, 5.74) is 6.26. The van der Waals surface area contributed by atoms with Crippen LogP contribution in [0.1, 0.15) is 26.3 Å². The molecule has 0 aliphatic carbocycles. The number of anilines is 1. The van der Waals surface area contributed by atoms with Gasteiger partial charge in [0.25, 0.3) is 0 Å². The zero-order chi connectivity index (χ0) is 15.9. The molecule has 116 valence electrons. The van der Waals surface area contributed by atoms with Crippen molar-refractivity contribution in [2.45, 2.75) is 32.8 Å². The van der Waals surface area contributed by atoms with E-state index in [1.807, 2.05) is 0 Å². The molecule has 0 saturated carbocycles. The van der Waals surface area contributed by atoms with E-state index in [4.69, 9.17) is 10.5 Å². The van der Waals surface area contributed by atoms with Gasteiger partial charge in [-0.1, -0.05) is 12.1 Å². The van der Waals surface area contributed by atoms with Gasteiger partial charge in [0.2, 0.25) is 5.91 Å². The predicted molar refractivity (Wildman–Crippen MR) is 82.1 cm³/mol. The number of nitrogens with one attached hydrogen (secondary N) is 2. The minimum atomic E-state index is -0.537. The Morgan fingerprint density at radius 1 is 1.19 bits per heavy atom. The van der Waals surface area contributed by atoms with Crippen LogP contribution in [0.2, 0.25) is 0 Å². The fraction of sp³-hybridized carbons (Fsp3) is 0.467. The summed E-state index contributed by atoms with van der Waals surface area (Å²) < 4.78 is 5.15. The van der Waals surface area contributed by atoms with E-state index >= 15 is 0 Å². The number of amides is 2. The van der Waals surface area contributed by atoms with Crippen LogP contribution in [0.3, 0.4) is 0 Å². The monoisotopic (exact) mass is 293 g/mol. The van der Waals surface area contributed by atoms with Crippen LogP contribution in [0.5, 0.6) is 0 Å². The van der Waals surface area contributed by atoms with Crippen molar-refractivity contribution in [3.8, 4) is 0 Å². The summed E-state index contributed by atoms with van der Waals surface area (Å²) in [4.78, 5) is 23.1. The molecule has 0 aliphatic heterocycles. The van der Waals surface area contributed by atoms with E-state index in [1.54, 1.807) is 45.0 Å². The molecule has 0 aliphatic rings. The van der Waals surface area contributed by atoms with E-state index in [0.717, 1.165) is 5.56 Å². The predicted octanol–water partition coefficient (Wildman–Crippen LogP) is 1.65. The first-order valence-corrected chi connectivity index (χ1v) is 6.86. The van der Waals surface area contributed by atoms with Gasteiger partial charge in [0, 0.05) is 18.8 Å². The van der Waals surface area contributed by atoms with Gasteiger partial charge in [-0.05, 0) is 38.5 Å². The first-order chi connectivity index (χ1) is 9.80. The highest BCUT2D eigenvalue weighted by Gasteiger charge is 2.16. The molecule has 0 radical (unpaired) electrons. The van der Waals surface area contributed by atoms with Gasteiger partial charge in [0.15, 0.2) is 0 Å². The lowest BCUT2D eigenvalue weighted by Crippen LogP contribution is -2.30. The van der Waals surface area contributed by atoms with E-state index in [2.05, 4.69) is 10.6 Å². The smallest absolute Gasteiger partial charge is 0.412 e. The molecule has 4 N–H and O–H groups in total. The number of hydrogen-bond donors (Lipinski definition) is 3. The quantitative estimate of drug-likeness (QED) is 0.769. The van der Waals surface area contributed by atoms with Crippen LogP contribution in [0, 0.1) is 0 Å². The maximum Gasteiger partial charge on any atom is 0.412 e. The van der Waals surface area contributed by atoms with Crippen molar-refractivity contribution in [1.29, 1.82) is 0 Å². The van der Waals surface area contributed by atoms with E-state index in [1.165, 1.54) is 0 Å². The number of hydrogen-bond acceptors (Lipinski definition) is 4. The van der Waals surface area contributed by atoms with Crippen molar-refractivity contribution in [1.82, 2.24) is 5.32 Å². The van der Waals surface area contributed by atoms with E-state index in [0.29, 0.717) is 18.8 Å². The average molecular weight is 293 g/mol. The molecular formula is C15H23N3O3. The molecule has 0 atom stereocenters. The molecule has 0 bridgehead atoms. The molecule has 0 unspecified atom stereocenters. The van der Waals surface area contributed by atoms with Gasteiger partial charge in [-0.2, -0.15) is 0 Å². The SMILES string of the molecule is CC(C)(C)OC(=O)Nc1ccc(CC(=O)NCCN)cc1. The lowest BCUT2D eigenvalue weighted by Gasteiger charge is -2.19. The second-order valence-corrected chi connectivity index (χ2v) is 5.64. The third-order valence-corrected chi connectivity index (χ3v) is 2.43. The summed E-state index contributed by atoms with van der Waals surface area (Å²) in [7, 11) is 0. The van der Waals surface area contributed by atoms with Crippen LogP contribution in [-0.4, -0.2) is 30.7 Å². The van der Waals surface area contributed by atoms with E-state index in [9.17, 15) is 9.59 Å². The summed E-state index contributed by atoms with van der Waals surface area (Å²) in [6.45, 7) is 6.29. The zero-order valence-electron chi connectivity index (χ0n) is 12.7. The molecular weight excluding hydrogens is 270 g/mol. The molecule has 1 aromatic carbocycles. The van der Waals surface area contributed by atoms with Crippen molar-refractivity contribution >= 4 is 17.7 Å². The van der Waals surface area contributed by atoms with Gasteiger partial charge in [-0.3, -0.25) is 10.1 Å². The van der Waals surface area contributed by atoms with Crippen LogP contribution in [0.4, 0.5) is 10.5 Å².